The fourth-order valence-electron chi connectivity index (χ4n) is 2.72. The molecule has 1 atom stereocenters. The van der Waals surface area contributed by atoms with Crippen LogP contribution in [0.15, 0.2) is 30.3 Å². The number of fused-ring (bicyclic) bond motifs is 1. The van der Waals surface area contributed by atoms with Gasteiger partial charge in [-0.3, -0.25) is 4.79 Å². The highest BCUT2D eigenvalue weighted by atomic mass is 19.4. The van der Waals surface area contributed by atoms with Crippen molar-refractivity contribution in [1.29, 1.82) is 0 Å². The van der Waals surface area contributed by atoms with Crippen LogP contribution in [0.5, 0.6) is 0 Å². The zero-order valence-corrected chi connectivity index (χ0v) is 12.1. The number of nitrogens with zero attached hydrogens (tertiary/aromatic N) is 2. The Balaban J connectivity index is 2.10. The number of alkyl halides is 3. The van der Waals surface area contributed by atoms with E-state index in [0.717, 1.165) is 6.07 Å². The molecule has 1 aromatic carbocycles. The smallest absolute Gasteiger partial charge is 0.368 e. The van der Waals surface area contributed by atoms with Crippen LogP contribution in [0.2, 0.25) is 0 Å². The summed E-state index contributed by atoms with van der Waals surface area (Å²) in [4.78, 5) is 16.8. The number of anilines is 1. The molecule has 3 rings (SSSR count). The van der Waals surface area contributed by atoms with E-state index in [1.807, 2.05) is 0 Å². The van der Waals surface area contributed by atoms with E-state index in [1.54, 1.807) is 29.2 Å². The summed E-state index contributed by atoms with van der Waals surface area (Å²) >= 11 is 0. The molecule has 1 aliphatic rings. The number of carbonyl (C=O) groups excluding carboxylic acids is 1. The molecule has 8 heteroatoms. The molecule has 1 fully saturated rings. The van der Waals surface area contributed by atoms with Crippen molar-refractivity contribution in [2.45, 2.75) is 12.2 Å². The Hall–Kier alpha value is -2.35. The Morgan fingerprint density at radius 2 is 2.09 bits per heavy atom. The van der Waals surface area contributed by atoms with E-state index >= 15 is 0 Å². The van der Waals surface area contributed by atoms with Crippen molar-refractivity contribution < 1.29 is 18.0 Å². The number of nitrogens with two attached hydrogens (primary N) is 1. The number of hydrogen-bond donors (Lipinski definition) is 2. The number of hydrogen-bond acceptors (Lipinski definition) is 4. The van der Waals surface area contributed by atoms with Gasteiger partial charge in [-0.15, -0.1) is 0 Å². The van der Waals surface area contributed by atoms with E-state index < -0.39 is 23.8 Å². The second kappa shape index (κ2) is 5.69. The van der Waals surface area contributed by atoms with Gasteiger partial charge in [0.25, 0.3) is 0 Å². The van der Waals surface area contributed by atoms with Gasteiger partial charge in [-0.25, -0.2) is 4.98 Å². The van der Waals surface area contributed by atoms with Crippen LogP contribution >= 0.6 is 0 Å². The van der Waals surface area contributed by atoms with Crippen LogP contribution in [0, 0.1) is 0 Å². The topological polar surface area (TPSA) is 71.2 Å². The molecule has 0 bridgehead atoms. The molecule has 3 N–H and O–H groups in total. The third-order valence-corrected chi connectivity index (χ3v) is 3.84. The summed E-state index contributed by atoms with van der Waals surface area (Å²) < 4.78 is 39.3. The number of aromatic nitrogens is 1. The number of para-hydroxylation sites is 1. The van der Waals surface area contributed by atoms with Crippen LogP contribution in [0.4, 0.5) is 18.9 Å². The summed E-state index contributed by atoms with van der Waals surface area (Å²) in [5.41, 5.74) is 5.04. The highest BCUT2D eigenvalue weighted by Crippen LogP contribution is 2.34. The third-order valence-electron chi connectivity index (χ3n) is 3.84. The molecule has 1 aliphatic heterocycles. The summed E-state index contributed by atoms with van der Waals surface area (Å²) in [6.45, 7) is 1.17. The van der Waals surface area contributed by atoms with Gasteiger partial charge in [-0.05, 0) is 12.1 Å². The Labute approximate surface area is 130 Å². The van der Waals surface area contributed by atoms with Crippen molar-refractivity contribution in [3.8, 4) is 0 Å². The highest BCUT2D eigenvalue weighted by Gasteiger charge is 2.34. The van der Waals surface area contributed by atoms with E-state index in [4.69, 9.17) is 5.73 Å². The molecule has 122 valence electrons. The van der Waals surface area contributed by atoms with Crippen molar-refractivity contribution >= 4 is 22.5 Å². The first kappa shape index (κ1) is 15.5. The number of benzene rings is 1. The number of primary amides is 1. The minimum Gasteiger partial charge on any atom is -0.368 e. The highest BCUT2D eigenvalue weighted by molar-refractivity contribution is 5.92. The molecule has 1 amide bonds. The lowest BCUT2D eigenvalue weighted by Crippen LogP contribution is -2.56. The Bertz CT molecular complexity index is 747. The summed E-state index contributed by atoms with van der Waals surface area (Å²) in [5, 5.41) is 3.57. The normalized spacial score (nSPS) is 19.1. The van der Waals surface area contributed by atoms with Gasteiger partial charge in [0.2, 0.25) is 5.91 Å². The SMILES string of the molecule is NC(=O)[C@H]1CN(c2cc(C(F)(F)F)nc3ccccc23)CCN1. The summed E-state index contributed by atoms with van der Waals surface area (Å²) in [6.07, 6.45) is -4.53. The number of rotatable bonds is 2. The lowest BCUT2D eigenvalue weighted by atomic mass is 10.1. The van der Waals surface area contributed by atoms with Gasteiger partial charge in [0.1, 0.15) is 11.7 Å². The van der Waals surface area contributed by atoms with Gasteiger partial charge >= 0.3 is 6.18 Å². The molecule has 0 aliphatic carbocycles. The molecule has 0 spiro atoms. The standard InChI is InChI=1S/C15H15F3N4O/c16-15(17,18)13-7-12(9-3-1-2-4-10(9)21-13)22-6-5-20-11(8-22)14(19)23/h1-4,7,11,20H,5-6,8H2,(H2,19,23)/t11-/m1/s1. The Kier molecular flexibility index (Phi) is 3.85. The minimum absolute atomic E-state index is 0.223. The molecule has 5 nitrogen and oxygen atoms in total. The molecule has 23 heavy (non-hydrogen) atoms. The van der Waals surface area contributed by atoms with E-state index in [2.05, 4.69) is 10.3 Å². The van der Waals surface area contributed by atoms with Gasteiger partial charge < -0.3 is 16.0 Å². The van der Waals surface area contributed by atoms with Crippen molar-refractivity contribution in [2.24, 2.45) is 5.73 Å². The quantitative estimate of drug-likeness (QED) is 0.879. The zero-order chi connectivity index (χ0) is 16.6. The predicted octanol–water partition coefficient (Wildman–Crippen LogP) is 1.52. The molecule has 2 aromatic rings. The van der Waals surface area contributed by atoms with Crippen LogP contribution < -0.4 is 16.0 Å². The summed E-state index contributed by atoms with van der Waals surface area (Å²) in [6, 6.07) is 7.09. The van der Waals surface area contributed by atoms with Crippen LogP contribution in [0.25, 0.3) is 10.9 Å². The lowest BCUT2D eigenvalue weighted by molar-refractivity contribution is -0.141. The average molecular weight is 324 g/mol. The first-order valence-corrected chi connectivity index (χ1v) is 7.11. The maximum atomic E-state index is 13.1. The van der Waals surface area contributed by atoms with Gasteiger partial charge in [0, 0.05) is 30.7 Å². The number of nitrogens with one attached hydrogen (secondary N) is 1. The third kappa shape index (κ3) is 3.07. The second-order valence-corrected chi connectivity index (χ2v) is 5.40. The average Bonchev–Trinajstić information content (AvgIpc) is 2.53. The summed E-state index contributed by atoms with van der Waals surface area (Å²) in [5.74, 6) is -0.524. The van der Waals surface area contributed by atoms with Crippen LogP contribution in [-0.2, 0) is 11.0 Å². The molecular weight excluding hydrogens is 309 g/mol. The Morgan fingerprint density at radius 1 is 1.35 bits per heavy atom. The van der Waals surface area contributed by atoms with Crippen molar-refractivity contribution in [1.82, 2.24) is 10.3 Å². The van der Waals surface area contributed by atoms with Crippen LogP contribution in [0.3, 0.4) is 0 Å². The van der Waals surface area contributed by atoms with Gasteiger partial charge in [-0.1, -0.05) is 18.2 Å². The number of amides is 1. The van der Waals surface area contributed by atoms with E-state index in [0.29, 0.717) is 24.2 Å². The molecule has 2 heterocycles. The van der Waals surface area contributed by atoms with Gasteiger partial charge in [-0.2, -0.15) is 13.2 Å². The monoisotopic (exact) mass is 324 g/mol. The van der Waals surface area contributed by atoms with Gasteiger partial charge in [0.05, 0.1) is 5.52 Å². The lowest BCUT2D eigenvalue weighted by Gasteiger charge is -2.34. The predicted molar refractivity (Wildman–Crippen MR) is 79.9 cm³/mol. The first-order chi connectivity index (χ1) is 10.9. The zero-order valence-electron chi connectivity index (χ0n) is 12.1. The fraction of sp³-hybridized carbons (Fsp3) is 0.333. The van der Waals surface area contributed by atoms with Crippen LogP contribution in [0.1, 0.15) is 5.69 Å². The van der Waals surface area contributed by atoms with E-state index in [1.165, 1.54) is 0 Å². The second-order valence-electron chi connectivity index (χ2n) is 5.40. The number of pyridine rings is 1. The Morgan fingerprint density at radius 3 is 2.78 bits per heavy atom. The molecule has 0 unspecified atom stereocenters. The molecule has 0 radical (unpaired) electrons. The van der Waals surface area contributed by atoms with Crippen molar-refractivity contribution in [2.75, 3.05) is 24.5 Å². The minimum atomic E-state index is -4.53. The van der Waals surface area contributed by atoms with Gasteiger partial charge in [0.15, 0.2) is 0 Å². The largest absolute Gasteiger partial charge is 0.433 e. The number of piperazine rings is 1. The van der Waals surface area contributed by atoms with E-state index in [9.17, 15) is 18.0 Å². The fourth-order valence-corrected chi connectivity index (χ4v) is 2.72. The molecule has 1 aromatic heterocycles. The summed E-state index contributed by atoms with van der Waals surface area (Å²) in [7, 11) is 0. The maximum absolute atomic E-state index is 13.1. The van der Waals surface area contributed by atoms with E-state index in [-0.39, 0.29) is 12.1 Å². The van der Waals surface area contributed by atoms with Crippen LogP contribution in [-0.4, -0.2) is 36.6 Å². The molecule has 1 saturated heterocycles. The molecular formula is C15H15F3N4O. The number of halogens is 3. The maximum Gasteiger partial charge on any atom is 0.433 e. The van der Waals surface area contributed by atoms with Crippen molar-refractivity contribution in [3.63, 3.8) is 0 Å². The number of carbonyl (C=O) groups is 1. The van der Waals surface area contributed by atoms with Crippen molar-refractivity contribution in [3.05, 3.63) is 36.0 Å². The first-order valence-electron chi connectivity index (χ1n) is 7.11. The molecule has 0 saturated carbocycles.